The van der Waals surface area contributed by atoms with Crippen molar-refractivity contribution in [3.8, 4) is 6.07 Å². The van der Waals surface area contributed by atoms with Gasteiger partial charge in [0.05, 0.1) is 5.69 Å². The molecule has 1 saturated heterocycles. The second-order valence-corrected chi connectivity index (χ2v) is 6.70. The molecule has 1 amide bonds. The van der Waals surface area contributed by atoms with E-state index in [0.717, 1.165) is 25.9 Å². The fourth-order valence-corrected chi connectivity index (χ4v) is 2.94. The van der Waals surface area contributed by atoms with Gasteiger partial charge in [0.2, 0.25) is 0 Å². The van der Waals surface area contributed by atoms with Gasteiger partial charge in [-0.2, -0.15) is 5.26 Å². The van der Waals surface area contributed by atoms with Crippen molar-refractivity contribution in [3.05, 3.63) is 41.9 Å². The minimum Gasteiger partial charge on any atom is -0.381 e. The summed E-state index contributed by atoms with van der Waals surface area (Å²) in [6.45, 7) is 6.44. The molecule has 0 saturated carbocycles. The molecule has 1 aromatic carbocycles. The molecule has 1 aliphatic rings. The number of nitrogens with zero attached hydrogens (tertiary/aromatic N) is 3. The van der Waals surface area contributed by atoms with Crippen molar-refractivity contribution in [2.75, 3.05) is 50.8 Å². The quantitative estimate of drug-likeness (QED) is 0.379. The summed E-state index contributed by atoms with van der Waals surface area (Å²) in [5, 5.41) is 12.1. The number of unbranched alkanes of at least 4 members (excludes halogenated alkanes) is 1. The molecule has 1 N–H and O–H groups in total. The highest BCUT2D eigenvalue weighted by Gasteiger charge is 2.19. The lowest BCUT2D eigenvalue weighted by Gasteiger charge is -2.35. The monoisotopic (exact) mass is 388 g/mol. The molecule has 0 aliphatic carbocycles. The summed E-state index contributed by atoms with van der Waals surface area (Å²) >= 11 is 0. The Morgan fingerprint density at radius 2 is 1.96 bits per heavy atom. The molecule has 1 fully saturated rings. The minimum absolute atomic E-state index is 0.0891. The van der Waals surface area contributed by atoms with Gasteiger partial charge in [0.25, 0.3) is 5.91 Å². The standard InChI is InChI=1S/C21H29FN4O2/c1-2-3-14-28-15-6-9-24-21(27)18(16-23)17-25-10-12-26(13-11-25)20-8-5-4-7-19(20)22/h4-5,7-8,17H,2-3,6,9-15H2,1H3,(H,24,27)/b18-17-. The predicted molar refractivity (Wildman–Crippen MR) is 107 cm³/mol. The number of halogens is 1. The van der Waals surface area contributed by atoms with Gasteiger partial charge in [0.1, 0.15) is 17.5 Å². The molecular formula is C21H29FN4O2. The Bertz CT molecular complexity index is 694. The molecule has 0 bridgehead atoms. The molecule has 28 heavy (non-hydrogen) atoms. The molecule has 152 valence electrons. The van der Waals surface area contributed by atoms with Gasteiger partial charge in [-0.3, -0.25) is 4.79 Å². The molecule has 6 nitrogen and oxygen atoms in total. The van der Waals surface area contributed by atoms with Gasteiger partial charge >= 0.3 is 0 Å². The van der Waals surface area contributed by atoms with Crippen LogP contribution in [-0.2, 0) is 9.53 Å². The van der Waals surface area contributed by atoms with Crippen LogP contribution in [-0.4, -0.2) is 56.7 Å². The molecule has 0 atom stereocenters. The number of carbonyl (C=O) groups is 1. The number of piperazine rings is 1. The first-order valence-corrected chi connectivity index (χ1v) is 9.87. The fraction of sp³-hybridized carbons (Fsp3) is 0.524. The summed E-state index contributed by atoms with van der Waals surface area (Å²) < 4.78 is 19.4. The number of ether oxygens (including phenoxy) is 1. The average molecular weight is 388 g/mol. The second-order valence-electron chi connectivity index (χ2n) is 6.70. The smallest absolute Gasteiger partial charge is 0.263 e. The van der Waals surface area contributed by atoms with Crippen LogP contribution in [0, 0.1) is 17.1 Å². The number of carbonyl (C=O) groups excluding carboxylic acids is 1. The van der Waals surface area contributed by atoms with Gasteiger partial charge in [-0.25, -0.2) is 4.39 Å². The average Bonchev–Trinajstić information content (AvgIpc) is 2.72. The maximum absolute atomic E-state index is 13.9. The molecule has 0 unspecified atom stereocenters. The van der Waals surface area contributed by atoms with Crippen molar-refractivity contribution in [1.29, 1.82) is 5.26 Å². The number of hydrogen-bond acceptors (Lipinski definition) is 5. The molecule has 0 aromatic heterocycles. The largest absolute Gasteiger partial charge is 0.381 e. The first-order chi connectivity index (χ1) is 13.7. The zero-order valence-electron chi connectivity index (χ0n) is 16.5. The zero-order chi connectivity index (χ0) is 20.2. The van der Waals surface area contributed by atoms with Crippen LogP contribution in [0.2, 0.25) is 0 Å². The Morgan fingerprint density at radius 1 is 1.25 bits per heavy atom. The minimum atomic E-state index is -0.368. The maximum Gasteiger partial charge on any atom is 0.263 e. The van der Waals surface area contributed by atoms with Gasteiger partial charge in [0, 0.05) is 52.1 Å². The number of nitrogens with one attached hydrogen (secondary N) is 1. The van der Waals surface area contributed by atoms with Crippen molar-refractivity contribution < 1.29 is 13.9 Å². The Kier molecular flexibility index (Phi) is 9.29. The molecule has 2 rings (SSSR count). The van der Waals surface area contributed by atoms with E-state index < -0.39 is 0 Å². The number of anilines is 1. The topological polar surface area (TPSA) is 68.6 Å². The molecular weight excluding hydrogens is 359 g/mol. The summed E-state index contributed by atoms with van der Waals surface area (Å²) in [5.74, 6) is -0.602. The van der Waals surface area contributed by atoms with Crippen LogP contribution in [0.15, 0.2) is 36.0 Å². The lowest BCUT2D eigenvalue weighted by Crippen LogP contribution is -2.44. The van der Waals surface area contributed by atoms with Crippen molar-refractivity contribution in [2.45, 2.75) is 26.2 Å². The number of para-hydroxylation sites is 1. The highest BCUT2D eigenvalue weighted by molar-refractivity contribution is 5.97. The Hall–Kier alpha value is -2.59. The molecule has 1 aromatic rings. The summed E-state index contributed by atoms with van der Waals surface area (Å²) in [7, 11) is 0. The first-order valence-electron chi connectivity index (χ1n) is 9.87. The highest BCUT2D eigenvalue weighted by atomic mass is 19.1. The molecule has 0 radical (unpaired) electrons. The van der Waals surface area contributed by atoms with Gasteiger partial charge in [0.15, 0.2) is 0 Å². The highest BCUT2D eigenvalue weighted by Crippen LogP contribution is 2.20. The van der Waals surface area contributed by atoms with E-state index in [0.29, 0.717) is 45.0 Å². The van der Waals surface area contributed by atoms with Gasteiger partial charge < -0.3 is 19.9 Å². The normalized spacial score (nSPS) is 14.7. The van der Waals surface area contributed by atoms with Crippen LogP contribution < -0.4 is 10.2 Å². The zero-order valence-corrected chi connectivity index (χ0v) is 16.5. The van der Waals surface area contributed by atoms with Crippen LogP contribution in [0.25, 0.3) is 0 Å². The van der Waals surface area contributed by atoms with Crippen molar-refractivity contribution in [3.63, 3.8) is 0 Å². The molecule has 0 spiro atoms. The van der Waals surface area contributed by atoms with Gasteiger partial charge in [-0.15, -0.1) is 0 Å². The van der Waals surface area contributed by atoms with E-state index in [1.54, 1.807) is 18.3 Å². The summed E-state index contributed by atoms with van der Waals surface area (Å²) in [4.78, 5) is 16.1. The van der Waals surface area contributed by atoms with E-state index >= 15 is 0 Å². The van der Waals surface area contributed by atoms with Crippen molar-refractivity contribution >= 4 is 11.6 Å². The van der Waals surface area contributed by atoms with Crippen LogP contribution in [0.3, 0.4) is 0 Å². The summed E-state index contributed by atoms with van der Waals surface area (Å²) in [6.07, 6.45) is 4.46. The number of benzene rings is 1. The van der Waals surface area contributed by atoms with Gasteiger partial charge in [-0.1, -0.05) is 25.5 Å². The molecule has 1 aliphatic heterocycles. The van der Waals surface area contributed by atoms with Crippen molar-refractivity contribution in [1.82, 2.24) is 10.2 Å². The second kappa shape index (κ2) is 12.0. The number of rotatable bonds is 10. The Labute approximate surface area is 166 Å². The maximum atomic E-state index is 13.9. The van der Waals surface area contributed by atoms with Gasteiger partial charge in [-0.05, 0) is 25.0 Å². The van der Waals surface area contributed by atoms with Crippen molar-refractivity contribution in [2.24, 2.45) is 0 Å². The van der Waals surface area contributed by atoms with E-state index in [-0.39, 0.29) is 17.3 Å². The first kappa shape index (κ1) is 21.7. The number of amides is 1. The lowest BCUT2D eigenvalue weighted by molar-refractivity contribution is -0.117. The van der Waals surface area contributed by atoms with E-state index in [4.69, 9.17) is 4.74 Å². The summed E-state index contributed by atoms with van der Waals surface area (Å²) in [5.41, 5.74) is 0.678. The van der Waals surface area contributed by atoms with E-state index in [1.165, 1.54) is 6.07 Å². The predicted octanol–water partition coefficient (Wildman–Crippen LogP) is 2.68. The van der Waals surface area contributed by atoms with E-state index in [2.05, 4.69) is 12.2 Å². The summed E-state index contributed by atoms with van der Waals surface area (Å²) in [6, 6.07) is 8.68. The number of nitriles is 1. The van der Waals surface area contributed by atoms with Crippen LogP contribution in [0.4, 0.5) is 10.1 Å². The molecule has 7 heteroatoms. The third kappa shape index (κ3) is 6.86. The third-order valence-corrected chi connectivity index (χ3v) is 4.58. The van der Waals surface area contributed by atoms with Crippen LogP contribution in [0.5, 0.6) is 0 Å². The van der Waals surface area contributed by atoms with E-state index in [1.807, 2.05) is 21.9 Å². The van der Waals surface area contributed by atoms with Crippen LogP contribution in [0.1, 0.15) is 26.2 Å². The van der Waals surface area contributed by atoms with Crippen LogP contribution >= 0.6 is 0 Å². The fourth-order valence-electron chi connectivity index (χ4n) is 2.94. The van der Waals surface area contributed by atoms with E-state index in [9.17, 15) is 14.4 Å². The Morgan fingerprint density at radius 3 is 2.64 bits per heavy atom. The third-order valence-electron chi connectivity index (χ3n) is 4.58. The Balaban J connectivity index is 1.76. The SMILES string of the molecule is CCCCOCCCNC(=O)/C(C#N)=C\N1CCN(c2ccccc2F)CC1. The molecule has 1 heterocycles. The lowest BCUT2D eigenvalue weighted by atomic mass is 10.2. The number of hydrogen-bond donors (Lipinski definition) is 1.